The summed E-state index contributed by atoms with van der Waals surface area (Å²) in [6, 6.07) is 9.55. The number of rotatable bonds is 4. The average molecular weight is 268 g/mol. The second-order valence-corrected chi connectivity index (χ2v) is 6.18. The van der Waals surface area contributed by atoms with Crippen LogP contribution < -0.4 is 5.84 Å². The van der Waals surface area contributed by atoms with Crippen molar-refractivity contribution in [2.45, 2.75) is 23.3 Å². The van der Waals surface area contributed by atoms with Crippen LogP contribution in [0.2, 0.25) is 0 Å². The van der Waals surface area contributed by atoms with Gasteiger partial charge < -0.3 is 4.74 Å². The topological polar surface area (TPSA) is 55.6 Å². The van der Waals surface area contributed by atoms with Crippen LogP contribution in [0.3, 0.4) is 0 Å². The molecule has 5 heteroatoms. The molecule has 0 amide bonds. The van der Waals surface area contributed by atoms with Crippen molar-refractivity contribution in [3.63, 3.8) is 0 Å². The van der Waals surface area contributed by atoms with Gasteiger partial charge in [-0.1, -0.05) is 18.2 Å². The Bertz CT molecular complexity index is 403. The highest BCUT2D eigenvalue weighted by Gasteiger charge is 2.35. The molecule has 0 radical (unpaired) electrons. The summed E-state index contributed by atoms with van der Waals surface area (Å²) in [5.74, 6) is 6.30. The quantitative estimate of drug-likeness (QED) is 0.832. The van der Waals surface area contributed by atoms with E-state index in [0.717, 1.165) is 30.8 Å². The fourth-order valence-corrected chi connectivity index (χ4v) is 3.75. The fraction of sp³-hybridized carbons (Fsp3) is 0.538. The molecule has 2 rings (SSSR count). The lowest BCUT2D eigenvalue weighted by Crippen LogP contribution is -2.50. The SMILES string of the molecule is COC1(CS(=O)c2ccccc2)CCN(N)CC1. The largest absolute Gasteiger partial charge is 0.377 e. The molecule has 0 aliphatic carbocycles. The first-order valence-corrected chi connectivity index (χ1v) is 7.45. The number of hydrogen-bond acceptors (Lipinski definition) is 4. The number of nitrogens with zero attached hydrogens (tertiary/aromatic N) is 1. The third-order valence-corrected chi connectivity index (χ3v) is 5.13. The minimum Gasteiger partial charge on any atom is -0.377 e. The zero-order valence-electron chi connectivity index (χ0n) is 10.7. The van der Waals surface area contributed by atoms with E-state index in [9.17, 15) is 4.21 Å². The Morgan fingerprint density at radius 3 is 2.50 bits per heavy atom. The van der Waals surface area contributed by atoms with E-state index in [2.05, 4.69) is 0 Å². The molecule has 1 unspecified atom stereocenters. The monoisotopic (exact) mass is 268 g/mol. The third kappa shape index (κ3) is 3.17. The fourth-order valence-electron chi connectivity index (χ4n) is 2.23. The molecule has 1 aliphatic rings. The molecule has 0 saturated carbocycles. The van der Waals surface area contributed by atoms with Crippen LogP contribution in [0.4, 0.5) is 0 Å². The molecular formula is C13H20N2O2S. The van der Waals surface area contributed by atoms with Crippen LogP contribution in [-0.4, -0.2) is 40.8 Å². The van der Waals surface area contributed by atoms with E-state index in [1.165, 1.54) is 0 Å². The number of piperidine rings is 1. The summed E-state index contributed by atoms with van der Waals surface area (Å²) < 4.78 is 18.0. The Morgan fingerprint density at radius 2 is 1.94 bits per heavy atom. The van der Waals surface area contributed by atoms with Gasteiger partial charge >= 0.3 is 0 Å². The Kier molecular flexibility index (Phi) is 4.50. The molecular weight excluding hydrogens is 248 g/mol. The highest BCUT2D eigenvalue weighted by atomic mass is 32.2. The predicted octanol–water partition coefficient (Wildman–Crippen LogP) is 1.15. The van der Waals surface area contributed by atoms with Crippen LogP contribution in [0.1, 0.15) is 12.8 Å². The number of nitrogens with two attached hydrogens (primary N) is 1. The van der Waals surface area contributed by atoms with Crippen molar-refractivity contribution in [1.29, 1.82) is 0 Å². The molecule has 1 aliphatic heterocycles. The van der Waals surface area contributed by atoms with Gasteiger partial charge in [0.25, 0.3) is 0 Å². The number of benzene rings is 1. The molecule has 1 heterocycles. The summed E-state index contributed by atoms with van der Waals surface area (Å²) >= 11 is 0. The van der Waals surface area contributed by atoms with Gasteiger partial charge in [0.2, 0.25) is 0 Å². The highest BCUT2D eigenvalue weighted by molar-refractivity contribution is 7.85. The van der Waals surface area contributed by atoms with E-state index in [4.69, 9.17) is 10.6 Å². The van der Waals surface area contributed by atoms with Gasteiger partial charge in [0, 0.05) is 25.1 Å². The molecule has 1 atom stereocenters. The van der Waals surface area contributed by atoms with Crippen molar-refractivity contribution in [2.24, 2.45) is 5.84 Å². The molecule has 18 heavy (non-hydrogen) atoms. The second kappa shape index (κ2) is 5.93. The standard InChI is InChI=1S/C13H20N2O2S/c1-17-13(7-9-15(14)10-8-13)11-18(16)12-5-3-2-4-6-12/h2-6H,7-11,14H2,1H3. The minimum atomic E-state index is -1.02. The molecule has 1 fully saturated rings. The Labute approximate surface area is 111 Å². The molecule has 1 aromatic carbocycles. The normalized spacial score (nSPS) is 21.7. The Balaban J connectivity index is 2.05. The maximum Gasteiger partial charge on any atom is 0.0822 e. The first-order valence-electron chi connectivity index (χ1n) is 6.13. The van der Waals surface area contributed by atoms with Crippen LogP contribution in [0.15, 0.2) is 35.2 Å². The van der Waals surface area contributed by atoms with Crippen molar-refractivity contribution < 1.29 is 8.95 Å². The van der Waals surface area contributed by atoms with Crippen LogP contribution in [-0.2, 0) is 15.5 Å². The lowest BCUT2D eigenvalue weighted by molar-refractivity contribution is -0.0396. The predicted molar refractivity (Wildman–Crippen MR) is 72.5 cm³/mol. The maximum atomic E-state index is 12.3. The summed E-state index contributed by atoms with van der Waals surface area (Å²) in [7, 11) is 0.687. The van der Waals surface area contributed by atoms with Crippen LogP contribution in [0.25, 0.3) is 0 Å². The minimum absolute atomic E-state index is 0.295. The van der Waals surface area contributed by atoms with Crippen LogP contribution in [0.5, 0.6) is 0 Å². The van der Waals surface area contributed by atoms with E-state index in [-0.39, 0.29) is 5.60 Å². The lowest BCUT2D eigenvalue weighted by Gasteiger charge is -2.38. The van der Waals surface area contributed by atoms with Gasteiger partial charge in [-0.25, -0.2) is 5.01 Å². The maximum absolute atomic E-state index is 12.3. The molecule has 2 N–H and O–H groups in total. The Hall–Kier alpha value is -0.750. The molecule has 4 nitrogen and oxygen atoms in total. The smallest absolute Gasteiger partial charge is 0.0822 e. The van der Waals surface area contributed by atoms with E-state index in [1.54, 1.807) is 12.1 Å². The molecule has 0 bridgehead atoms. The van der Waals surface area contributed by atoms with E-state index >= 15 is 0 Å². The summed E-state index contributed by atoms with van der Waals surface area (Å²) in [4.78, 5) is 0.865. The van der Waals surface area contributed by atoms with Gasteiger partial charge in [0.05, 0.1) is 22.2 Å². The number of hydrogen-bond donors (Lipinski definition) is 1. The summed E-state index contributed by atoms with van der Waals surface area (Å²) in [6.07, 6.45) is 1.66. The van der Waals surface area contributed by atoms with Crippen molar-refractivity contribution in [1.82, 2.24) is 5.01 Å². The summed E-state index contributed by atoms with van der Waals surface area (Å²) in [5.41, 5.74) is -0.295. The van der Waals surface area contributed by atoms with E-state index < -0.39 is 10.8 Å². The molecule has 1 saturated heterocycles. The van der Waals surface area contributed by atoms with Crippen molar-refractivity contribution in [3.8, 4) is 0 Å². The second-order valence-electron chi connectivity index (χ2n) is 4.73. The van der Waals surface area contributed by atoms with Crippen molar-refractivity contribution in [2.75, 3.05) is 26.0 Å². The van der Waals surface area contributed by atoms with E-state index in [1.807, 2.05) is 30.3 Å². The highest BCUT2D eigenvalue weighted by Crippen LogP contribution is 2.27. The van der Waals surface area contributed by atoms with Crippen LogP contribution >= 0.6 is 0 Å². The van der Waals surface area contributed by atoms with E-state index in [0.29, 0.717) is 5.75 Å². The van der Waals surface area contributed by atoms with Gasteiger partial charge in [-0.3, -0.25) is 10.1 Å². The van der Waals surface area contributed by atoms with Crippen molar-refractivity contribution in [3.05, 3.63) is 30.3 Å². The first kappa shape index (κ1) is 13.7. The van der Waals surface area contributed by atoms with Crippen LogP contribution in [0, 0.1) is 0 Å². The molecule has 0 spiro atoms. The van der Waals surface area contributed by atoms with Crippen molar-refractivity contribution >= 4 is 10.8 Å². The lowest BCUT2D eigenvalue weighted by atomic mass is 9.94. The number of methoxy groups -OCH3 is 1. The summed E-state index contributed by atoms with van der Waals surface area (Å²) in [5, 5.41) is 1.79. The molecule has 100 valence electrons. The van der Waals surface area contributed by atoms with Gasteiger partial charge in [-0.2, -0.15) is 0 Å². The number of ether oxygens (including phenoxy) is 1. The summed E-state index contributed by atoms with van der Waals surface area (Å²) in [6.45, 7) is 1.58. The molecule has 1 aromatic rings. The zero-order valence-corrected chi connectivity index (χ0v) is 11.5. The van der Waals surface area contributed by atoms with Gasteiger partial charge in [-0.05, 0) is 25.0 Å². The van der Waals surface area contributed by atoms with Gasteiger partial charge in [0.15, 0.2) is 0 Å². The average Bonchev–Trinajstić information content (AvgIpc) is 2.43. The molecule has 0 aromatic heterocycles. The third-order valence-electron chi connectivity index (χ3n) is 3.54. The first-order chi connectivity index (χ1) is 8.65. The zero-order chi connectivity index (χ0) is 13.0. The van der Waals surface area contributed by atoms with Gasteiger partial charge in [-0.15, -0.1) is 0 Å². The van der Waals surface area contributed by atoms with Gasteiger partial charge in [0.1, 0.15) is 0 Å². The number of hydrazine groups is 1. The Morgan fingerprint density at radius 1 is 1.33 bits per heavy atom.